The predicted octanol–water partition coefficient (Wildman–Crippen LogP) is 6.42. The lowest BCUT2D eigenvalue weighted by molar-refractivity contribution is 0.162. The maximum absolute atomic E-state index is 14.0. The van der Waals surface area contributed by atoms with Crippen molar-refractivity contribution in [1.82, 2.24) is 25.5 Å². The molecule has 4 N–H and O–H groups in total. The van der Waals surface area contributed by atoms with Gasteiger partial charge < -0.3 is 20.1 Å². The molecule has 194 valence electrons. The summed E-state index contributed by atoms with van der Waals surface area (Å²) in [7, 11) is 0. The number of piperidine rings is 1. The Balaban J connectivity index is 1.26. The van der Waals surface area contributed by atoms with Crippen molar-refractivity contribution in [2.75, 3.05) is 13.1 Å². The number of H-pyrrole nitrogens is 2. The maximum Gasteiger partial charge on any atom is 0.138 e. The van der Waals surface area contributed by atoms with Crippen LogP contribution in [0.5, 0.6) is 11.5 Å². The van der Waals surface area contributed by atoms with Crippen molar-refractivity contribution >= 4 is 21.8 Å². The summed E-state index contributed by atoms with van der Waals surface area (Å²) in [6, 6.07) is 20.1. The number of benzene rings is 3. The van der Waals surface area contributed by atoms with Crippen LogP contribution in [-0.4, -0.2) is 44.5 Å². The highest BCUT2D eigenvalue weighted by atomic mass is 19.1. The molecule has 7 rings (SSSR count). The van der Waals surface area contributed by atoms with E-state index in [9.17, 15) is 9.50 Å². The SMILES string of the molecule is Oc1cc(F)cc(-c2cccc3[nH]c(-c4n[nH]c5ccc(-c6cncc(OC7CCNCC7)c6)cc45)cc23)c1. The van der Waals surface area contributed by atoms with E-state index < -0.39 is 5.82 Å². The van der Waals surface area contributed by atoms with Gasteiger partial charge in [-0.05, 0) is 85.1 Å². The Hall–Kier alpha value is -4.69. The van der Waals surface area contributed by atoms with Crippen LogP contribution < -0.4 is 10.1 Å². The van der Waals surface area contributed by atoms with E-state index in [0.29, 0.717) is 5.56 Å². The highest BCUT2D eigenvalue weighted by Gasteiger charge is 2.17. The summed E-state index contributed by atoms with van der Waals surface area (Å²) >= 11 is 0. The Bertz CT molecular complexity index is 1800. The first kappa shape index (κ1) is 23.4. The predicted molar refractivity (Wildman–Crippen MR) is 150 cm³/mol. The number of fused-ring (bicyclic) bond motifs is 2. The van der Waals surface area contributed by atoms with E-state index in [1.807, 2.05) is 42.6 Å². The van der Waals surface area contributed by atoms with Crippen molar-refractivity contribution in [3.63, 3.8) is 0 Å². The molecule has 0 radical (unpaired) electrons. The van der Waals surface area contributed by atoms with Crippen molar-refractivity contribution in [1.29, 1.82) is 0 Å². The molecule has 0 spiro atoms. The number of phenolic OH excluding ortho intramolecular Hbond substituents is 1. The normalized spacial score (nSPS) is 14.3. The number of nitrogens with one attached hydrogen (secondary N) is 3. The highest BCUT2D eigenvalue weighted by Crippen LogP contribution is 2.36. The Kier molecular flexibility index (Phi) is 5.74. The molecule has 3 aromatic carbocycles. The number of halogens is 1. The van der Waals surface area contributed by atoms with Crippen molar-refractivity contribution in [3.8, 4) is 45.1 Å². The first-order valence-corrected chi connectivity index (χ1v) is 13.0. The number of pyridine rings is 1. The number of aromatic nitrogens is 4. The van der Waals surface area contributed by atoms with Gasteiger partial charge in [0.25, 0.3) is 0 Å². The van der Waals surface area contributed by atoms with Crippen LogP contribution in [0.25, 0.3) is 55.4 Å². The number of aromatic amines is 2. The molecular formula is C31H26FN5O2. The molecular weight excluding hydrogens is 493 g/mol. The zero-order valence-corrected chi connectivity index (χ0v) is 21.0. The standard InChI is InChI=1S/C31H26FN5O2/c32-21-10-19(11-22(38)14-21)25-2-1-3-28-26(25)15-30(35-28)31-27-13-18(4-5-29(27)36-37-31)20-12-24(17-34-16-20)39-23-6-8-33-9-7-23/h1-5,10-17,23,33,35,38H,6-9H2,(H,36,37). The Morgan fingerprint density at radius 2 is 1.74 bits per heavy atom. The van der Waals surface area contributed by atoms with Crippen LogP contribution in [-0.2, 0) is 0 Å². The number of aromatic hydroxyl groups is 1. The number of hydrogen-bond donors (Lipinski definition) is 4. The van der Waals surface area contributed by atoms with Crippen molar-refractivity contribution in [3.05, 3.63) is 84.9 Å². The molecule has 0 saturated carbocycles. The van der Waals surface area contributed by atoms with E-state index in [1.165, 1.54) is 6.07 Å². The monoisotopic (exact) mass is 519 g/mol. The van der Waals surface area contributed by atoms with Gasteiger partial charge in [0.2, 0.25) is 0 Å². The number of ether oxygens (including phenoxy) is 1. The van der Waals surface area contributed by atoms with E-state index in [2.05, 4.69) is 37.6 Å². The molecule has 6 aromatic rings. The second-order valence-corrected chi connectivity index (χ2v) is 9.96. The van der Waals surface area contributed by atoms with Gasteiger partial charge in [-0.3, -0.25) is 10.1 Å². The summed E-state index contributed by atoms with van der Waals surface area (Å²) in [6.07, 6.45) is 5.80. The average molecular weight is 520 g/mol. The molecule has 0 unspecified atom stereocenters. The fourth-order valence-corrected chi connectivity index (χ4v) is 5.41. The number of phenols is 1. The van der Waals surface area contributed by atoms with Gasteiger partial charge in [-0.2, -0.15) is 5.10 Å². The molecule has 1 aliphatic heterocycles. The smallest absolute Gasteiger partial charge is 0.138 e. The summed E-state index contributed by atoms with van der Waals surface area (Å²) in [5, 5.41) is 22.9. The summed E-state index contributed by atoms with van der Waals surface area (Å²) < 4.78 is 20.3. The topological polar surface area (TPSA) is 98.8 Å². The Labute approximate surface area is 223 Å². The number of rotatable bonds is 5. The van der Waals surface area contributed by atoms with Gasteiger partial charge in [0.05, 0.1) is 17.4 Å². The van der Waals surface area contributed by atoms with Gasteiger partial charge in [0.15, 0.2) is 0 Å². The lowest BCUT2D eigenvalue weighted by atomic mass is 10.0. The molecule has 0 atom stereocenters. The third kappa shape index (κ3) is 4.49. The minimum atomic E-state index is -0.483. The van der Waals surface area contributed by atoms with E-state index in [1.54, 1.807) is 12.3 Å². The second kappa shape index (κ2) is 9.56. The minimum absolute atomic E-state index is 0.108. The van der Waals surface area contributed by atoms with E-state index in [0.717, 1.165) is 87.6 Å². The summed E-state index contributed by atoms with van der Waals surface area (Å²) in [4.78, 5) is 7.91. The molecule has 8 heteroatoms. The number of nitrogens with zero attached hydrogens (tertiary/aromatic N) is 2. The third-order valence-electron chi connectivity index (χ3n) is 7.31. The lowest BCUT2D eigenvalue weighted by Gasteiger charge is -2.23. The molecule has 7 nitrogen and oxygen atoms in total. The van der Waals surface area contributed by atoms with Crippen LogP contribution in [0.3, 0.4) is 0 Å². The van der Waals surface area contributed by atoms with Gasteiger partial charge in [0.1, 0.15) is 29.1 Å². The van der Waals surface area contributed by atoms with Gasteiger partial charge in [-0.1, -0.05) is 18.2 Å². The van der Waals surface area contributed by atoms with E-state index in [-0.39, 0.29) is 11.9 Å². The average Bonchev–Trinajstić information content (AvgIpc) is 3.57. The van der Waals surface area contributed by atoms with Crippen LogP contribution in [0, 0.1) is 5.82 Å². The maximum atomic E-state index is 14.0. The summed E-state index contributed by atoms with van der Waals surface area (Å²) in [5.74, 6) is 0.185. The van der Waals surface area contributed by atoms with Crippen LogP contribution in [0.2, 0.25) is 0 Å². The van der Waals surface area contributed by atoms with Crippen LogP contribution in [0.15, 0.2) is 79.1 Å². The largest absolute Gasteiger partial charge is 0.508 e. The van der Waals surface area contributed by atoms with Gasteiger partial charge >= 0.3 is 0 Å². The lowest BCUT2D eigenvalue weighted by Crippen LogP contribution is -2.34. The van der Waals surface area contributed by atoms with Crippen molar-refractivity contribution in [2.24, 2.45) is 0 Å². The first-order valence-electron chi connectivity index (χ1n) is 13.0. The van der Waals surface area contributed by atoms with Gasteiger partial charge in [-0.25, -0.2) is 4.39 Å². The molecule has 3 aromatic heterocycles. The first-order chi connectivity index (χ1) is 19.1. The summed E-state index contributed by atoms with van der Waals surface area (Å²) in [6.45, 7) is 1.94. The zero-order valence-electron chi connectivity index (χ0n) is 21.0. The molecule has 0 aliphatic carbocycles. The molecule has 1 saturated heterocycles. The van der Waals surface area contributed by atoms with Crippen LogP contribution in [0.4, 0.5) is 4.39 Å². The summed E-state index contributed by atoms with van der Waals surface area (Å²) in [5.41, 5.74) is 6.84. The highest BCUT2D eigenvalue weighted by molar-refractivity contribution is 6.02. The second-order valence-electron chi connectivity index (χ2n) is 9.96. The van der Waals surface area contributed by atoms with E-state index in [4.69, 9.17) is 4.74 Å². The third-order valence-corrected chi connectivity index (χ3v) is 7.31. The fourth-order valence-electron chi connectivity index (χ4n) is 5.41. The zero-order chi connectivity index (χ0) is 26.3. The Morgan fingerprint density at radius 1 is 0.846 bits per heavy atom. The fraction of sp³-hybridized carbons (Fsp3) is 0.161. The van der Waals surface area contributed by atoms with Gasteiger partial charge in [0, 0.05) is 34.1 Å². The molecule has 0 bridgehead atoms. The minimum Gasteiger partial charge on any atom is -0.508 e. The molecule has 1 aliphatic rings. The van der Waals surface area contributed by atoms with Crippen molar-refractivity contribution < 1.29 is 14.2 Å². The van der Waals surface area contributed by atoms with Crippen molar-refractivity contribution in [2.45, 2.75) is 18.9 Å². The van der Waals surface area contributed by atoms with Gasteiger partial charge in [-0.15, -0.1) is 0 Å². The molecule has 39 heavy (non-hydrogen) atoms. The Morgan fingerprint density at radius 3 is 2.62 bits per heavy atom. The molecule has 0 amide bonds. The van der Waals surface area contributed by atoms with Crippen LogP contribution >= 0.6 is 0 Å². The van der Waals surface area contributed by atoms with E-state index >= 15 is 0 Å². The van der Waals surface area contributed by atoms with Crippen LogP contribution in [0.1, 0.15) is 12.8 Å². The number of hydrogen-bond acceptors (Lipinski definition) is 5. The quantitative estimate of drug-likeness (QED) is 0.211. The molecule has 4 heterocycles. The molecule has 1 fully saturated rings.